The molecule has 0 amide bonds. The molecular weight excluding hydrogens is 176 g/mol. The Hall–Kier alpha value is -1.17. The van der Waals surface area contributed by atoms with Crippen molar-refractivity contribution in [1.29, 1.82) is 0 Å². The second-order valence-electron chi connectivity index (χ2n) is 2.56. The zero-order valence-corrected chi connectivity index (χ0v) is 8.72. The quantitative estimate of drug-likeness (QED) is 0.382. The van der Waals surface area contributed by atoms with Crippen LogP contribution in [0.3, 0.4) is 0 Å². The molecule has 13 heavy (non-hydrogen) atoms. The van der Waals surface area contributed by atoms with Gasteiger partial charge in [-0.25, -0.2) is 0 Å². The summed E-state index contributed by atoms with van der Waals surface area (Å²) in [4.78, 5) is 0.757. The van der Waals surface area contributed by atoms with Gasteiger partial charge in [0, 0.05) is 0 Å². The van der Waals surface area contributed by atoms with E-state index in [1.54, 1.807) is 0 Å². The summed E-state index contributed by atoms with van der Waals surface area (Å²) < 4.78 is 0. The molecular formula is C12H14S. The Bertz CT molecular complexity index is 271. The van der Waals surface area contributed by atoms with E-state index in [2.05, 4.69) is 31.5 Å². The van der Waals surface area contributed by atoms with Gasteiger partial charge in [-0.3, -0.25) is 0 Å². The molecule has 0 spiro atoms. The van der Waals surface area contributed by atoms with Gasteiger partial charge >= 0.3 is 0 Å². The Morgan fingerprint density at radius 2 is 1.77 bits per heavy atom. The third-order valence-corrected chi connectivity index (χ3v) is 1.21. The highest BCUT2D eigenvalue weighted by atomic mass is 32.1. The highest BCUT2D eigenvalue weighted by Gasteiger charge is 1.73. The first kappa shape index (κ1) is 11.8. The van der Waals surface area contributed by atoms with Gasteiger partial charge in [0.25, 0.3) is 0 Å². The molecule has 1 rings (SSSR count). The van der Waals surface area contributed by atoms with Crippen LogP contribution in [0.4, 0.5) is 0 Å². The Morgan fingerprint density at radius 3 is 1.92 bits per heavy atom. The Balaban J connectivity index is 0.000000243. The predicted molar refractivity (Wildman–Crippen MR) is 63.9 cm³/mol. The van der Waals surface area contributed by atoms with E-state index in [1.165, 1.54) is 0 Å². The smallest absolute Gasteiger partial charge is 0.00319 e. The van der Waals surface area contributed by atoms with Crippen LogP contribution in [0.25, 0.3) is 0 Å². The van der Waals surface area contributed by atoms with Crippen LogP contribution < -0.4 is 0 Å². The molecule has 0 N–H and O–H groups in total. The molecule has 0 bridgehead atoms. The largest absolute Gasteiger partial charge is 0.144 e. The average Bonchev–Trinajstić information content (AvgIpc) is 2.57. The Labute approximate surface area is 85.8 Å². The van der Waals surface area contributed by atoms with Crippen LogP contribution in [-0.4, -0.2) is 0 Å². The summed E-state index contributed by atoms with van der Waals surface area (Å²) in [5, 5.41) is 0. The number of thiol groups is 1. The van der Waals surface area contributed by atoms with Crippen LogP contribution >= 0.6 is 12.6 Å². The SMILES string of the molecule is C1=CC=CC=1.C=C(C)/C=C\C(=C)S. The van der Waals surface area contributed by atoms with Crippen molar-refractivity contribution in [2.45, 2.75) is 6.92 Å². The van der Waals surface area contributed by atoms with Crippen LogP contribution in [0.5, 0.6) is 0 Å². The van der Waals surface area contributed by atoms with E-state index in [1.807, 2.05) is 43.4 Å². The van der Waals surface area contributed by atoms with E-state index < -0.39 is 0 Å². The zero-order valence-electron chi connectivity index (χ0n) is 7.83. The molecule has 0 saturated carbocycles. The number of hydrogen-bond acceptors (Lipinski definition) is 1. The fourth-order valence-corrected chi connectivity index (χ4v) is 0.591. The maximum absolute atomic E-state index is 3.95. The van der Waals surface area contributed by atoms with Gasteiger partial charge in [0.2, 0.25) is 0 Å². The van der Waals surface area contributed by atoms with Gasteiger partial charge in [0.15, 0.2) is 0 Å². The lowest BCUT2D eigenvalue weighted by Gasteiger charge is -1.83. The second kappa shape index (κ2) is 7.48. The molecule has 0 aromatic carbocycles. The molecule has 0 radical (unpaired) electrons. The summed E-state index contributed by atoms with van der Waals surface area (Å²) in [5.41, 5.74) is 3.88. The van der Waals surface area contributed by atoms with Gasteiger partial charge in [0.05, 0.1) is 0 Å². The van der Waals surface area contributed by atoms with Gasteiger partial charge < -0.3 is 0 Å². The van der Waals surface area contributed by atoms with E-state index in [4.69, 9.17) is 0 Å². The van der Waals surface area contributed by atoms with Crippen molar-refractivity contribution in [3.63, 3.8) is 0 Å². The average molecular weight is 190 g/mol. The van der Waals surface area contributed by atoms with Crippen molar-refractivity contribution in [3.05, 3.63) is 65.8 Å². The fourth-order valence-electron chi connectivity index (χ4n) is 0.516. The second-order valence-corrected chi connectivity index (χ2v) is 3.13. The minimum absolute atomic E-state index is 0.757. The molecule has 0 aromatic heterocycles. The lowest BCUT2D eigenvalue weighted by Crippen LogP contribution is -1.60. The van der Waals surface area contributed by atoms with Crippen molar-refractivity contribution >= 4 is 12.6 Å². The van der Waals surface area contributed by atoms with Crippen molar-refractivity contribution in [3.8, 4) is 0 Å². The van der Waals surface area contributed by atoms with E-state index >= 15 is 0 Å². The minimum Gasteiger partial charge on any atom is -0.144 e. The topological polar surface area (TPSA) is 0 Å². The predicted octanol–water partition coefficient (Wildman–Crippen LogP) is 3.83. The van der Waals surface area contributed by atoms with Gasteiger partial charge in [-0.1, -0.05) is 37.0 Å². The van der Waals surface area contributed by atoms with Crippen LogP contribution in [0, 0.1) is 0 Å². The first-order chi connectivity index (χ1) is 6.13. The summed E-state index contributed by atoms with van der Waals surface area (Å²) in [6, 6.07) is 0. The maximum Gasteiger partial charge on any atom is -0.00319 e. The summed E-state index contributed by atoms with van der Waals surface area (Å²) >= 11 is 3.95. The molecule has 0 nitrogen and oxygen atoms in total. The lowest BCUT2D eigenvalue weighted by atomic mass is 10.3. The van der Waals surface area contributed by atoms with Gasteiger partial charge in [-0.2, -0.15) is 0 Å². The minimum atomic E-state index is 0.757. The first-order valence-electron chi connectivity index (χ1n) is 3.92. The van der Waals surface area contributed by atoms with Crippen LogP contribution in [0.1, 0.15) is 6.92 Å². The number of hydrogen-bond donors (Lipinski definition) is 1. The van der Waals surface area contributed by atoms with Gasteiger partial charge in [-0.05, 0) is 30.1 Å². The molecule has 0 aromatic rings. The molecule has 0 saturated heterocycles. The molecule has 0 heterocycles. The Kier molecular flexibility index (Phi) is 6.80. The monoisotopic (exact) mass is 190 g/mol. The molecule has 0 aliphatic heterocycles. The van der Waals surface area contributed by atoms with E-state index in [9.17, 15) is 0 Å². The van der Waals surface area contributed by atoms with Crippen molar-refractivity contribution in [2.24, 2.45) is 0 Å². The van der Waals surface area contributed by atoms with Crippen molar-refractivity contribution in [1.82, 2.24) is 0 Å². The normalized spacial score (nSPS) is 11.5. The third kappa shape index (κ3) is 10.8. The molecule has 1 heteroatoms. The standard InChI is InChI=1S/C7H10S.C5H4/c1-6(2)4-5-7(3)8;1-2-4-5-3-1/h4-5,8H,1,3H2,2H3;1-4H/b5-4-;. The molecule has 0 unspecified atom stereocenters. The molecule has 0 fully saturated rings. The summed E-state index contributed by atoms with van der Waals surface area (Å²) in [6.45, 7) is 9.15. The van der Waals surface area contributed by atoms with Gasteiger partial charge in [0.1, 0.15) is 0 Å². The lowest BCUT2D eigenvalue weighted by molar-refractivity contribution is 1.56. The van der Waals surface area contributed by atoms with Crippen molar-refractivity contribution in [2.75, 3.05) is 0 Å². The van der Waals surface area contributed by atoms with Crippen molar-refractivity contribution < 1.29 is 0 Å². The number of allylic oxidation sites excluding steroid dienone is 6. The van der Waals surface area contributed by atoms with Gasteiger partial charge in [-0.15, -0.1) is 18.4 Å². The fraction of sp³-hybridized carbons (Fsp3) is 0.0833. The molecule has 1 aliphatic rings. The van der Waals surface area contributed by atoms with E-state index in [0.717, 1.165) is 10.5 Å². The number of rotatable bonds is 2. The molecule has 0 atom stereocenters. The maximum atomic E-state index is 3.95. The Morgan fingerprint density at radius 1 is 1.23 bits per heavy atom. The third-order valence-electron chi connectivity index (χ3n) is 1.06. The molecule has 68 valence electrons. The summed E-state index contributed by atoms with van der Waals surface area (Å²) in [5.74, 6) is 0. The van der Waals surface area contributed by atoms with E-state index in [0.29, 0.717) is 0 Å². The summed E-state index contributed by atoms with van der Waals surface area (Å²) in [7, 11) is 0. The van der Waals surface area contributed by atoms with Crippen LogP contribution in [0.15, 0.2) is 65.8 Å². The highest BCUT2D eigenvalue weighted by Crippen LogP contribution is 1.99. The first-order valence-corrected chi connectivity index (χ1v) is 4.37. The molecule has 1 aliphatic carbocycles. The zero-order chi connectivity index (χ0) is 10.1. The van der Waals surface area contributed by atoms with Crippen LogP contribution in [0.2, 0.25) is 0 Å². The highest BCUT2D eigenvalue weighted by molar-refractivity contribution is 7.84. The van der Waals surface area contributed by atoms with E-state index in [-0.39, 0.29) is 0 Å². The summed E-state index contributed by atoms with van der Waals surface area (Å²) in [6.07, 6.45) is 11.3. The van der Waals surface area contributed by atoms with Crippen LogP contribution in [-0.2, 0) is 0 Å².